The molecule has 5 heteroatoms. The molecule has 1 heterocycles. The second-order valence-electron chi connectivity index (χ2n) is 5.79. The average molecular weight is 371 g/mol. The van der Waals surface area contributed by atoms with Crippen LogP contribution in [0, 0.1) is 0 Å². The Kier molecular flexibility index (Phi) is 7.00. The number of carbonyl (C=O) groups is 1. The molecule has 0 bridgehead atoms. The summed E-state index contributed by atoms with van der Waals surface area (Å²) < 4.78 is 1.14. The van der Waals surface area contributed by atoms with Crippen molar-refractivity contribution in [2.45, 2.75) is 18.6 Å². The zero-order chi connectivity index (χ0) is 17.3. The van der Waals surface area contributed by atoms with Crippen molar-refractivity contribution < 1.29 is 4.79 Å². The largest absolute Gasteiger partial charge is 0.352 e. The molecule has 25 heavy (non-hydrogen) atoms. The number of hydrogen-bond acceptors (Lipinski definition) is 4. The molecule has 0 saturated heterocycles. The van der Waals surface area contributed by atoms with Crippen molar-refractivity contribution in [2.75, 3.05) is 18.8 Å². The number of benzene rings is 2. The fourth-order valence-electron chi connectivity index (χ4n) is 2.64. The third-order valence-electron chi connectivity index (χ3n) is 3.94. The zero-order valence-corrected chi connectivity index (χ0v) is 15.7. The Labute approximate surface area is 157 Å². The van der Waals surface area contributed by atoms with Gasteiger partial charge in [-0.2, -0.15) is 0 Å². The highest BCUT2D eigenvalue weighted by Gasteiger charge is 2.13. The number of rotatable bonds is 7. The fourth-order valence-corrected chi connectivity index (χ4v) is 4.66. The van der Waals surface area contributed by atoms with Crippen LogP contribution in [-0.4, -0.2) is 29.1 Å². The highest BCUT2D eigenvalue weighted by molar-refractivity contribution is 8.38. The molecule has 0 aliphatic carbocycles. The van der Waals surface area contributed by atoms with Crippen LogP contribution >= 0.6 is 23.5 Å². The minimum Gasteiger partial charge on any atom is -0.352 e. The second-order valence-corrected chi connectivity index (χ2v) is 8.09. The molecule has 0 saturated carbocycles. The standard InChI is InChI=1S/C20H22N2OS2/c23-19(21-12-6-9-16-7-2-1-3-8-16)18-11-5-4-10-17(18)15-25-20-22-13-14-24-20/h1-5,7-8,10-11H,6,9,12-15H2,(H,21,23). The van der Waals surface area contributed by atoms with Gasteiger partial charge in [0.05, 0.1) is 6.54 Å². The first-order valence-electron chi connectivity index (χ1n) is 8.53. The molecule has 0 aromatic heterocycles. The third kappa shape index (κ3) is 5.65. The van der Waals surface area contributed by atoms with Gasteiger partial charge in [-0.25, -0.2) is 0 Å². The molecule has 0 fully saturated rings. The Morgan fingerprint density at radius 2 is 1.92 bits per heavy atom. The van der Waals surface area contributed by atoms with Crippen molar-refractivity contribution >= 4 is 33.8 Å². The molecule has 130 valence electrons. The topological polar surface area (TPSA) is 41.5 Å². The van der Waals surface area contributed by atoms with Gasteiger partial charge in [0.25, 0.3) is 5.91 Å². The molecule has 1 N–H and O–H groups in total. The Morgan fingerprint density at radius 1 is 1.12 bits per heavy atom. The Morgan fingerprint density at radius 3 is 2.72 bits per heavy atom. The van der Waals surface area contributed by atoms with E-state index in [1.54, 1.807) is 23.5 Å². The number of carbonyl (C=O) groups excluding carboxylic acids is 1. The normalized spacial score (nSPS) is 13.5. The van der Waals surface area contributed by atoms with Gasteiger partial charge < -0.3 is 5.32 Å². The van der Waals surface area contributed by atoms with E-state index < -0.39 is 0 Å². The number of aliphatic imine (C=N–C) groups is 1. The van der Waals surface area contributed by atoms with Crippen LogP contribution in [0.1, 0.15) is 27.9 Å². The summed E-state index contributed by atoms with van der Waals surface area (Å²) in [4.78, 5) is 17.0. The van der Waals surface area contributed by atoms with Crippen LogP contribution in [0.4, 0.5) is 0 Å². The molecule has 3 rings (SSSR count). The molecule has 1 aliphatic heterocycles. The number of nitrogens with zero attached hydrogens (tertiary/aromatic N) is 1. The fraction of sp³-hybridized carbons (Fsp3) is 0.300. The monoisotopic (exact) mass is 370 g/mol. The SMILES string of the molecule is O=C(NCCCc1ccccc1)c1ccccc1CSC1=NCCS1. The van der Waals surface area contributed by atoms with E-state index in [0.717, 1.165) is 46.4 Å². The van der Waals surface area contributed by atoms with Crippen molar-refractivity contribution in [3.05, 3.63) is 71.3 Å². The number of hydrogen-bond donors (Lipinski definition) is 1. The van der Waals surface area contributed by atoms with Gasteiger partial charge in [-0.1, -0.05) is 72.1 Å². The summed E-state index contributed by atoms with van der Waals surface area (Å²) >= 11 is 3.53. The number of aryl methyl sites for hydroxylation is 1. The zero-order valence-electron chi connectivity index (χ0n) is 14.1. The smallest absolute Gasteiger partial charge is 0.251 e. The van der Waals surface area contributed by atoms with E-state index in [2.05, 4.69) is 34.6 Å². The number of thioether (sulfide) groups is 2. The summed E-state index contributed by atoms with van der Waals surface area (Å²) in [5, 5.41) is 3.05. The maximum atomic E-state index is 12.5. The molecule has 1 amide bonds. The quantitative estimate of drug-likeness (QED) is 0.735. The summed E-state index contributed by atoms with van der Waals surface area (Å²) in [7, 11) is 0. The van der Waals surface area contributed by atoms with E-state index in [0.29, 0.717) is 6.54 Å². The minimum atomic E-state index is 0.0188. The predicted octanol–water partition coefficient (Wildman–Crippen LogP) is 4.39. The van der Waals surface area contributed by atoms with Gasteiger partial charge >= 0.3 is 0 Å². The third-order valence-corrected chi connectivity index (χ3v) is 6.24. The summed E-state index contributed by atoms with van der Waals surface area (Å²) in [5.41, 5.74) is 3.16. The summed E-state index contributed by atoms with van der Waals surface area (Å²) in [6, 6.07) is 18.2. The Hall–Kier alpha value is -1.72. The molecule has 0 radical (unpaired) electrons. The molecule has 3 nitrogen and oxygen atoms in total. The van der Waals surface area contributed by atoms with Crippen molar-refractivity contribution in [3.8, 4) is 0 Å². The van der Waals surface area contributed by atoms with Crippen LogP contribution in [0.3, 0.4) is 0 Å². The van der Waals surface area contributed by atoms with Crippen LogP contribution in [0.5, 0.6) is 0 Å². The van der Waals surface area contributed by atoms with E-state index >= 15 is 0 Å². The highest BCUT2D eigenvalue weighted by atomic mass is 32.2. The lowest BCUT2D eigenvalue weighted by Crippen LogP contribution is -2.25. The average Bonchev–Trinajstić information content (AvgIpc) is 3.18. The van der Waals surface area contributed by atoms with Gasteiger partial charge in [0, 0.05) is 23.6 Å². The van der Waals surface area contributed by atoms with Gasteiger partial charge in [0.15, 0.2) is 0 Å². The van der Waals surface area contributed by atoms with Crippen LogP contribution in [0.2, 0.25) is 0 Å². The predicted molar refractivity (Wildman–Crippen MR) is 110 cm³/mol. The lowest BCUT2D eigenvalue weighted by Gasteiger charge is -2.10. The van der Waals surface area contributed by atoms with Gasteiger partial charge in [0.1, 0.15) is 4.38 Å². The molecule has 0 unspecified atom stereocenters. The van der Waals surface area contributed by atoms with Crippen LogP contribution in [0.25, 0.3) is 0 Å². The molecular formula is C20H22N2OS2. The van der Waals surface area contributed by atoms with Gasteiger partial charge in [-0.05, 0) is 30.0 Å². The minimum absolute atomic E-state index is 0.0188. The van der Waals surface area contributed by atoms with E-state index in [4.69, 9.17) is 0 Å². The maximum absolute atomic E-state index is 12.5. The van der Waals surface area contributed by atoms with Gasteiger partial charge in [-0.15, -0.1) is 0 Å². The molecule has 2 aromatic rings. The Bertz CT molecular complexity index is 731. The van der Waals surface area contributed by atoms with E-state index in [1.165, 1.54) is 5.56 Å². The van der Waals surface area contributed by atoms with Crippen molar-refractivity contribution in [3.63, 3.8) is 0 Å². The summed E-state index contributed by atoms with van der Waals surface area (Å²) in [6.45, 7) is 1.61. The molecule has 0 atom stereocenters. The van der Waals surface area contributed by atoms with Crippen molar-refractivity contribution in [1.82, 2.24) is 5.32 Å². The molecule has 1 aliphatic rings. The van der Waals surface area contributed by atoms with E-state index in [9.17, 15) is 4.79 Å². The number of nitrogens with one attached hydrogen (secondary N) is 1. The van der Waals surface area contributed by atoms with Gasteiger partial charge in [0.2, 0.25) is 0 Å². The Balaban J connectivity index is 1.49. The van der Waals surface area contributed by atoms with Crippen LogP contribution < -0.4 is 5.32 Å². The molecular weight excluding hydrogens is 348 g/mol. The summed E-state index contributed by atoms with van der Waals surface area (Å²) in [6.07, 6.45) is 1.93. The second kappa shape index (κ2) is 9.68. The lowest BCUT2D eigenvalue weighted by atomic mass is 10.1. The van der Waals surface area contributed by atoms with Crippen LogP contribution in [0.15, 0.2) is 59.6 Å². The first-order chi connectivity index (χ1) is 12.3. The van der Waals surface area contributed by atoms with Crippen molar-refractivity contribution in [2.24, 2.45) is 4.99 Å². The number of amides is 1. The lowest BCUT2D eigenvalue weighted by molar-refractivity contribution is 0.0952. The molecule has 0 spiro atoms. The van der Waals surface area contributed by atoms with Crippen LogP contribution in [-0.2, 0) is 12.2 Å². The first kappa shape index (κ1) is 18.1. The van der Waals surface area contributed by atoms with E-state index in [-0.39, 0.29) is 5.91 Å². The van der Waals surface area contributed by atoms with Crippen molar-refractivity contribution in [1.29, 1.82) is 0 Å². The molecule has 2 aromatic carbocycles. The summed E-state index contributed by atoms with van der Waals surface area (Å²) in [5.74, 6) is 1.89. The maximum Gasteiger partial charge on any atom is 0.251 e. The van der Waals surface area contributed by atoms with E-state index in [1.807, 2.05) is 30.3 Å². The van der Waals surface area contributed by atoms with Gasteiger partial charge in [-0.3, -0.25) is 9.79 Å². The first-order valence-corrected chi connectivity index (χ1v) is 10.5. The highest BCUT2D eigenvalue weighted by Crippen LogP contribution is 2.26.